The first-order valence-electron chi connectivity index (χ1n) is 10.2. The number of hydrogen-bond donors (Lipinski definition) is 1. The molecule has 160 valence electrons. The summed E-state index contributed by atoms with van der Waals surface area (Å²) in [5, 5.41) is 20.6. The Hall–Kier alpha value is -4.04. The van der Waals surface area contributed by atoms with Crippen LogP contribution in [0.4, 0.5) is 0 Å². The summed E-state index contributed by atoms with van der Waals surface area (Å²) in [6.45, 7) is 0.282. The number of amides is 2. The Morgan fingerprint density at radius 1 is 0.906 bits per heavy atom. The lowest BCUT2D eigenvalue weighted by Gasteiger charge is -2.13. The summed E-state index contributed by atoms with van der Waals surface area (Å²) in [5.74, 6) is -0.0133. The van der Waals surface area contributed by atoms with Crippen LogP contribution in [-0.2, 0) is 13.1 Å². The second-order valence-corrected chi connectivity index (χ2v) is 7.65. The molecule has 1 atom stereocenters. The normalized spacial score (nSPS) is 14.1. The highest BCUT2D eigenvalue weighted by atomic mass is 16.5. The van der Waals surface area contributed by atoms with Crippen molar-refractivity contribution >= 4 is 22.6 Å². The Morgan fingerprint density at radius 2 is 1.59 bits per heavy atom. The number of nitrogens with zero attached hydrogens (tertiary/aromatic N) is 4. The average molecular weight is 428 g/mol. The van der Waals surface area contributed by atoms with E-state index in [1.807, 2.05) is 42.5 Å². The van der Waals surface area contributed by atoms with Gasteiger partial charge >= 0.3 is 0 Å². The topological polar surface area (TPSA) is 97.6 Å². The predicted octanol–water partition coefficient (Wildman–Crippen LogP) is 2.67. The van der Waals surface area contributed by atoms with Crippen molar-refractivity contribution < 1.29 is 19.4 Å². The van der Waals surface area contributed by atoms with Gasteiger partial charge in [-0.3, -0.25) is 14.5 Å². The van der Waals surface area contributed by atoms with Gasteiger partial charge in [0.2, 0.25) is 0 Å². The molecule has 0 saturated carbocycles. The molecule has 3 aromatic carbocycles. The van der Waals surface area contributed by atoms with Crippen LogP contribution in [0.25, 0.3) is 10.8 Å². The highest BCUT2D eigenvalue weighted by molar-refractivity contribution is 6.21. The molecule has 1 aliphatic rings. The van der Waals surface area contributed by atoms with Crippen LogP contribution in [0.2, 0.25) is 0 Å². The van der Waals surface area contributed by atoms with Gasteiger partial charge in [0.1, 0.15) is 24.2 Å². The first-order valence-corrected chi connectivity index (χ1v) is 10.2. The van der Waals surface area contributed by atoms with Gasteiger partial charge < -0.3 is 9.84 Å². The third-order valence-electron chi connectivity index (χ3n) is 5.35. The van der Waals surface area contributed by atoms with Gasteiger partial charge in [0.25, 0.3) is 11.8 Å². The second kappa shape index (κ2) is 8.24. The van der Waals surface area contributed by atoms with Gasteiger partial charge in [-0.25, -0.2) is 4.68 Å². The van der Waals surface area contributed by atoms with Crippen LogP contribution in [0.3, 0.4) is 0 Å². The smallest absolute Gasteiger partial charge is 0.261 e. The van der Waals surface area contributed by atoms with E-state index in [-0.39, 0.29) is 31.5 Å². The number of aromatic nitrogens is 3. The van der Waals surface area contributed by atoms with Gasteiger partial charge in [-0.15, -0.1) is 5.10 Å². The van der Waals surface area contributed by atoms with E-state index in [4.69, 9.17) is 4.74 Å². The van der Waals surface area contributed by atoms with E-state index in [1.165, 1.54) is 4.68 Å². The molecule has 0 radical (unpaired) electrons. The van der Waals surface area contributed by atoms with Crippen LogP contribution < -0.4 is 4.74 Å². The molecule has 32 heavy (non-hydrogen) atoms. The Bertz CT molecular complexity index is 1280. The van der Waals surface area contributed by atoms with Crippen molar-refractivity contribution in [2.45, 2.75) is 19.2 Å². The Kier molecular flexibility index (Phi) is 5.12. The molecule has 0 saturated heterocycles. The summed E-state index contributed by atoms with van der Waals surface area (Å²) in [6.07, 6.45) is 0.804. The van der Waals surface area contributed by atoms with Crippen molar-refractivity contribution in [1.29, 1.82) is 0 Å². The number of rotatable bonds is 7. The second-order valence-electron chi connectivity index (χ2n) is 7.65. The molecule has 0 fully saturated rings. The fourth-order valence-corrected chi connectivity index (χ4v) is 3.76. The molecule has 2 heterocycles. The van der Waals surface area contributed by atoms with E-state index in [9.17, 15) is 14.7 Å². The Morgan fingerprint density at radius 3 is 2.34 bits per heavy atom. The van der Waals surface area contributed by atoms with E-state index in [0.29, 0.717) is 22.6 Å². The summed E-state index contributed by atoms with van der Waals surface area (Å²) in [7, 11) is 0. The molecule has 1 N–H and O–H groups in total. The van der Waals surface area contributed by atoms with Gasteiger partial charge in [0.05, 0.1) is 30.4 Å². The third-order valence-corrected chi connectivity index (χ3v) is 5.35. The minimum Gasteiger partial charge on any atom is -0.491 e. The molecule has 2 amide bonds. The molecule has 1 unspecified atom stereocenters. The molecule has 0 spiro atoms. The first-order chi connectivity index (χ1) is 15.6. The number of aliphatic hydroxyl groups excluding tert-OH is 1. The lowest BCUT2D eigenvalue weighted by molar-refractivity contribution is 0.0640. The molecule has 0 aliphatic carbocycles. The Balaban J connectivity index is 1.18. The lowest BCUT2D eigenvalue weighted by atomic mass is 10.1. The quantitative estimate of drug-likeness (QED) is 0.455. The van der Waals surface area contributed by atoms with E-state index in [1.54, 1.807) is 30.5 Å². The Labute approximate surface area is 183 Å². The largest absolute Gasteiger partial charge is 0.491 e. The van der Waals surface area contributed by atoms with Gasteiger partial charge in [-0.2, -0.15) is 0 Å². The number of carbonyl (C=O) groups is 2. The van der Waals surface area contributed by atoms with E-state index in [2.05, 4.69) is 10.3 Å². The minimum absolute atomic E-state index is 0.0238. The lowest BCUT2D eigenvalue weighted by Crippen LogP contribution is -2.29. The number of carbonyl (C=O) groups excluding carboxylic acids is 2. The SMILES string of the molecule is O=C1c2ccccc2C(=O)N1Cc1cn(CC(O)COc2ccc3ccccc3c2)nn1. The van der Waals surface area contributed by atoms with Crippen molar-refractivity contribution in [3.05, 3.63) is 89.7 Å². The third kappa shape index (κ3) is 3.83. The molecule has 0 bridgehead atoms. The van der Waals surface area contributed by atoms with Crippen molar-refractivity contribution in [1.82, 2.24) is 19.9 Å². The maximum atomic E-state index is 12.5. The molecule has 8 nitrogen and oxygen atoms in total. The molecule has 8 heteroatoms. The predicted molar refractivity (Wildman–Crippen MR) is 116 cm³/mol. The van der Waals surface area contributed by atoms with Crippen molar-refractivity contribution in [3.8, 4) is 5.75 Å². The number of aliphatic hydroxyl groups is 1. The molecule has 1 aromatic heterocycles. The van der Waals surface area contributed by atoms with Crippen LogP contribution in [0, 0.1) is 0 Å². The average Bonchev–Trinajstić information content (AvgIpc) is 3.35. The van der Waals surface area contributed by atoms with Crippen molar-refractivity contribution in [2.24, 2.45) is 0 Å². The van der Waals surface area contributed by atoms with Crippen molar-refractivity contribution in [3.63, 3.8) is 0 Å². The number of imide groups is 1. The monoisotopic (exact) mass is 428 g/mol. The highest BCUT2D eigenvalue weighted by Gasteiger charge is 2.35. The fraction of sp³-hybridized carbons (Fsp3) is 0.167. The molecule has 5 rings (SSSR count). The summed E-state index contributed by atoms with van der Waals surface area (Å²) in [4.78, 5) is 26.1. The van der Waals surface area contributed by atoms with Crippen LogP contribution in [0.1, 0.15) is 26.4 Å². The van der Waals surface area contributed by atoms with Crippen LogP contribution in [0.5, 0.6) is 5.75 Å². The standard InChI is InChI=1S/C24H20N4O4/c29-19(15-32-20-10-9-16-5-1-2-6-17(16)11-20)14-27-12-18(25-26-27)13-28-23(30)21-7-3-4-8-22(21)24(28)31/h1-12,19,29H,13-15H2. The fourth-order valence-electron chi connectivity index (χ4n) is 3.76. The first kappa shape index (κ1) is 19.9. The maximum absolute atomic E-state index is 12.5. The molecular weight excluding hydrogens is 408 g/mol. The van der Waals surface area contributed by atoms with Crippen LogP contribution in [-0.4, -0.2) is 49.5 Å². The van der Waals surface area contributed by atoms with Crippen molar-refractivity contribution in [2.75, 3.05) is 6.61 Å². The summed E-state index contributed by atoms with van der Waals surface area (Å²) in [6, 6.07) is 20.5. The summed E-state index contributed by atoms with van der Waals surface area (Å²) >= 11 is 0. The zero-order valence-corrected chi connectivity index (χ0v) is 17.1. The van der Waals surface area contributed by atoms with Gasteiger partial charge in [0, 0.05) is 0 Å². The van der Waals surface area contributed by atoms with Crippen LogP contribution >= 0.6 is 0 Å². The van der Waals surface area contributed by atoms with Gasteiger partial charge in [-0.05, 0) is 35.0 Å². The summed E-state index contributed by atoms with van der Waals surface area (Å²) < 4.78 is 7.19. The summed E-state index contributed by atoms with van der Waals surface area (Å²) in [5.41, 5.74) is 1.25. The number of ether oxygens (including phenoxy) is 1. The number of fused-ring (bicyclic) bond motifs is 2. The van der Waals surface area contributed by atoms with E-state index >= 15 is 0 Å². The molecular formula is C24H20N4O4. The molecule has 4 aromatic rings. The van der Waals surface area contributed by atoms with E-state index < -0.39 is 6.10 Å². The zero-order chi connectivity index (χ0) is 22.1. The van der Waals surface area contributed by atoms with Crippen LogP contribution in [0.15, 0.2) is 72.9 Å². The highest BCUT2D eigenvalue weighted by Crippen LogP contribution is 2.24. The number of hydrogen-bond acceptors (Lipinski definition) is 6. The number of benzene rings is 3. The molecule has 1 aliphatic heterocycles. The minimum atomic E-state index is -0.810. The van der Waals surface area contributed by atoms with Gasteiger partial charge in [0.15, 0.2) is 0 Å². The maximum Gasteiger partial charge on any atom is 0.261 e. The zero-order valence-electron chi connectivity index (χ0n) is 17.1. The van der Waals surface area contributed by atoms with E-state index in [0.717, 1.165) is 15.7 Å². The van der Waals surface area contributed by atoms with Gasteiger partial charge in [-0.1, -0.05) is 47.7 Å².